The monoisotopic (exact) mass is 284 g/mol. The summed E-state index contributed by atoms with van der Waals surface area (Å²) in [5, 5.41) is 2.85. The molecular formula is C11H13BrN2O2. The molecule has 16 heavy (non-hydrogen) atoms. The highest BCUT2D eigenvalue weighted by molar-refractivity contribution is 9.10. The van der Waals surface area contributed by atoms with E-state index in [4.69, 9.17) is 4.74 Å². The van der Waals surface area contributed by atoms with Crippen LogP contribution in [-0.2, 0) is 9.53 Å². The van der Waals surface area contributed by atoms with Crippen LogP contribution < -0.4 is 5.32 Å². The molecule has 0 aliphatic carbocycles. The third kappa shape index (κ3) is 2.41. The summed E-state index contributed by atoms with van der Waals surface area (Å²) in [6.07, 6.45) is 2.45. The second kappa shape index (κ2) is 4.93. The normalized spacial score (nSPS) is 24.4. The van der Waals surface area contributed by atoms with Gasteiger partial charge in [0.1, 0.15) is 4.60 Å². The van der Waals surface area contributed by atoms with Crippen LogP contribution in [0.2, 0.25) is 0 Å². The van der Waals surface area contributed by atoms with Crippen molar-refractivity contribution in [2.45, 2.75) is 19.4 Å². The standard InChI is InChI=1S/C11H13BrN2O2/c1-7-8(4-6-16-7)11(15)14-9-3-2-5-13-10(9)12/h2-3,5,7-8H,4,6H2,1H3,(H,14,15). The molecule has 1 aromatic rings. The fourth-order valence-corrected chi connectivity index (χ4v) is 2.13. The average Bonchev–Trinajstić information content (AvgIpc) is 2.68. The van der Waals surface area contributed by atoms with E-state index in [1.165, 1.54) is 0 Å². The van der Waals surface area contributed by atoms with Crippen molar-refractivity contribution >= 4 is 27.5 Å². The van der Waals surface area contributed by atoms with Crippen LogP contribution in [0.15, 0.2) is 22.9 Å². The Morgan fingerprint density at radius 1 is 1.69 bits per heavy atom. The van der Waals surface area contributed by atoms with Crippen LogP contribution in [0.5, 0.6) is 0 Å². The van der Waals surface area contributed by atoms with Crippen LogP contribution in [0.25, 0.3) is 0 Å². The molecule has 2 unspecified atom stereocenters. The zero-order chi connectivity index (χ0) is 11.5. The molecule has 2 rings (SSSR count). The number of anilines is 1. The van der Waals surface area contributed by atoms with Crippen LogP contribution in [0.3, 0.4) is 0 Å². The maximum Gasteiger partial charge on any atom is 0.230 e. The molecular weight excluding hydrogens is 272 g/mol. The molecule has 2 heterocycles. The van der Waals surface area contributed by atoms with Crippen molar-refractivity contribution in [1.82, 2.24) is 4.98 Å². The van der Waals surface area contributed by atoms with E-state index in [1.807, 2.05) is 13.0 Å². The molecule has 86 valence electrons. The molecule has 4 nitrogen and oxygen atoms in total. The van der Waals surface area contributed by atoms with Gasteiger partial charge in [-0.25, -0.2) is 4.98 Å². The lowest BCUT2D eigenvalue weighted by Gasteiger charge is -2.14. The largest absolute Gasteiger partial charge is 0.378 e. The molecule has 0 saturated carbocycles. The first-order chi connectivity index (χ1) is 7.68. The van der Waals surface area contributed by atoms with Gasteiger partial charge in [0, 0.05) is 12.8 Å². The van der Waals surface area contributed by atoms with E-state index < -0.39 is 0 Å². The topological polar surface area (TPSA) is 51.2 Å². The van der Waals surface area contributed by atoms with E-state index in [9.17, 15) is 4.79 Å². The van der Waals surface area contributed by atoms with E-state index in [2.05, 4.69) is 26.2 Å². The van der Waals surface area contributed by atoms with Crippen LogP contribution in [-0.4, -0.2) is 23.6 Å². The molecule has 1 amide bonds. The highest BCUT2D eigenvalue weighted by Crippen LogP contribution is 2.24. The van der Waals surface area contributed by atoms with Gasteiger partial charge in [-0.2, -0.15) is 0 Å². The summed E-state index contributed by atoms with van der Waals surface area (Å²) in [6.45, 7) is 2.59. The summed E-state index contributed by atoms with van der Waals surface area (Å²) in [7, 11) is 0. The van der Waals surface area contributed by atoms with Gasteiger partial charge in [0.25, 0.3) is 0 Å². The van der Waals surface area contributed by atoms with Crippen LogP contribution in [0.1, 0.15) is 13.3 Å². The number of amides is 1. The number of aromatic nitrogens is 1. The Labute approximate surface area is 103 Å². The van der Waals surface area contributed by atoms with E-state index in [0.29, 0.717) is 16.9 Å². The minimum Gasteiger partial charge on any atom is -0.378 e. The third-order valence-electron chi connectivity index (χ3n) is 2.73. The lowest BCUT2D eigenvalue weighted by atomic mass is 10.0. The van der Waals surface area contributed by atoms with Gasteiger partial charge < -0.3 is 10.1 Å². The highest BCUT2D eigenvalue weighted by atomic mass is 79.9. The van der Waals surface area contributed by atoms with Gasteiger partial charge in [0.05, 0.1) is 17.7 Å². The van der Waals surface area contributed by atoms with Crippen LogP contribution in [0, 0.1) is 5.92 Å². The SMILES string of the molecule is CC1OCCC1C(=O)Nc1cccnc1Br. The smallest absolute Gasteiger partial charge is 0.230 e. The van der Waals surface area contributed by atoms with Crippen molar-refractivity contribution in [2.75, 3.05) is 11.9 Å². The van der Waals surface area contributed by atoms with Crippen molar-refractivity contribution in [3.05, 3.63) is 22.9 Å². The minimum absolute atomic E-state index is 0.00120. The predicted octanol–water partition coefficient (Wildman–Crippen LogP) is 2.21. The van der Waals surface area contributed by atoms with E-state index >= 15 is 0 Å². The van der Waals surface area contributed by atoms with Crippen molar-refractivity contribution < 1.29 is 9.53 Å². The van der Waals surface area contributed by atoms with Crippen LogP contribution >= 0.6 is 15.9 Å². The van der Waals surface area contributed by atoms with Gasteiger partial charge in [-0.05, 0) is 41.4 Å². The summed E-state index contributed by atoms with van der Waals surface area (Å²) in [5.74, 6) is -0.0641. The average molecular weight is 285 g/mol. The number of pyridine rings is 1. The fourth-order valence-electron chi connectivity index (χ4n) is 1.78. The molecule has 1 aromatic heterocycles. The summed E-state index contributed by atoms with van der Waals surface area (Å²) in [4.78, 5) is 16.0. The summed E-state index contributed by atoms with van der Waals surface area (Å²) >= 11 is 3.29. The Hall–Kier alpha value is -0.940. The lowest BCUT2D eigenvalue weighted by molar-refractivity contribution is -0.121. The molecule has 1 fully saturated rings. The molecule has 5 heteroatoms. The number of rotatable bonds is 2. The van der Waals surface area contributed by atoms with E-state index in [0.717, 1.165) is 6.42 Å². The van der Waals surface area contributed by atoms with Crippen molar-refractivity contribution in [3.63, 3.8) is 0 Å². The number of nitrogens with one attached hydrogen (secondary N) is 1. The van der Waals surface area contributed by atoms with Crippen LogP contribution in [0.4, 0.5) is 5.69 Å². The molecule has 1 aliphatic heterocycles. The van der Waals surface area contributed by atoms with E-state index in [-0.39, 0.29) is 17.9 Å². The number of hydrogen-bond acceptors (Lipinski definition) is 3. The molecule has 0 radical (unpaired) electrons. The number of ether oxygens (including phenoxy) is 1. The Balaban J connectivity index is 2.05. The zero-order valence-corrected chi connectivity index (χ0v) is 10.5. The number of nitrogens with zero attached hydrogens (tertiary/aromatic N) is 1. The molecule has 0 bridgehead atoms. The van der Waals surface area contributed by atoms with Crippen molar-refractivity contribution in [3.8, 4) is 0 Å². The first kappa shape index (κ1) is 11.5. The molecule has 2 atom stereocenters. The molecule has 0 aromatic carbocycles. The van der Waals surface area contributed by atoms with Gasteiger partial charge in [-0.1, -0.05) is 0 Å². The first-order valence-corrected chi connectivity index (χ1v) is 6.01. The summed E-state index contributed by atoms with van der Waals surface area (Å²) < 4.78 is 6.01. The van der Waals surface area contributed by atoms with Gasteiger partial charge >= 0.3 is 0 Å². The number of halogens is 1. The lowest BCUT2D eigenvalue weighted by Crippen LogP contribution is -2.27. The minimum atomic E-state index is -0.0629. The molecule has 0 spiro atoms. The Kier molecular flexibility index (Phi) is 3.56. The molecule has 1 N–H and O–H groups in total. The second-order valence-electron chi connectivity index (χ2n) is 3.80. The maximum atomic E-state index is 11.9. The molecule has 1 aliphatic rings. The summed E-state index contributed by atoms with van der Waals surface area (Å²) in [6, 6.07) is 3.60. The van der Waals surface area contributed by atoms with Gasteiger partial charge in [0.2, 0.25) is 5.91 Å². The number of hydrogen-bond donors (Lipinski definition) is 1. The highest BCUT2D eigenvalue weighted by Gasteiger charge is 2.30. The van der Waals surface area contributed by atoms with Crippen molar-refractivity contribution in [1.29, 1.82) is 0 Å². The molecule has 1 saturated heterocycles. The Morgan fingerprint density at radius 3 is 3.12 bits per heavy atom. The quantitative estimate of drug-likeness (QED) is 0.848. The van der Waals surface area contributed by atoms with E-state index in [1.54, 1.807) is 12.3 Å². The second-order valence-corrected chi connectivity index (χ2v) is 4.55. The Bertz CT molecular complexity index is 397. The first-order valence-electron chi connectivity index (χ1n) is 5.21. The number of carbonyl (C=O) groups is 1. The summed E-state index contributed by atoms with van der Waals surface area (Å²) in [5.41, 5.74) is 0.701. The van der Waals surface area contributed by atoms with Crippen molar-refractivity contribution in [2.24, 2.45) is 5.92 Å². The predicted molar refractivity (Wildman–Crippen MR) is 64.1 cm³/mol. The Morgan fingerprint density at radius 2 is 2.50 bits per heavy atom. The maximum absolute atomic E-state index is 11.9. The third-order valence-corrected chi connectivity index (χ3v) is 3.36. The zero-order valence-electron chi connectivity index (χ0n) is 8.94. The van der Waals surface area contributed by atoms with Gasteiger partial charge in [-0.15, -0.1) is 0 Å². The van der Waals surface area contributed by atoms with Gasteiger partial charge in [-0.3, -0.25) is 4.79 Å². The fraction of sp³-hybridized carbons (Fsp3) is 0.455. The van der Waals surface area contributed by atoms with Gasteiger partial charge in [0.15, 0.2) is 0 Å². The number of carbonyl (C=O) groups excluding carboxylic acids is 1.